The molecular formula is C19H20O2. The summed E-state index contributed by atoms with van der Waals surface area (Å²) >= 11 is 0. The van der Waals surface area contributed by atoms with E-state index in [4.69, 9.17) is 4.74 Å². The Labute approximate surface area is 125 Å². The third-order valence-corrected chi connectivity index (χ3v) is 4.68. The van der Waals surface area contributed by atoms with Gasteiger partial charge in [-0.1, -0.05) is 42.5 Å². The molecule has 4 rings (SSSR count). The van der Waals surface area contributed by atoms with Gasteiger partial charge in [0.2, 0.25) is 0 Å². The highest BCUT2D eigenvalue weighted by Gasteiger charge is 2.50. The molecule has 21 heavy (non-hydrogen) atoms. The van der Waals surface area contributed by atoms with E-state index in [0.717, 1.165) is 24.2 Å². The Bertz CT molecular complexity index is 610. The maximum atomic E-state index is 10.8. The second kappa shape index (κ2) is 4.88. The third-order valence-electron chi connectivity index (χ3n) is 4.68. The zero-order chi connectivity index (χ0) is 14.3. The van der Waals surface area contributed by atoms with Gasteiger partial charge in [-0.15, -0.1) is 0 Å². The summed E-state index contributed by atoms with van der Waals surface area (Å²) in [6.45, 7) is 0. The van der Waals surface area contributed by atoms with Crippen molar-refractivity contribution >= 4 is 0 Å². The van der Waals surface area contributed by atoms with Crippen molar-refractivity contribution in [2.75, 3.05) is 0 Å². The highest BCUT2D eigenvalue weighted by atomic mass is 16.5. The van der Waals surface area contributed by atoms with Crippen LogP contribution in [0.15, 0.2) is 54.6 Å². The quantitative estimate of drug-likeness (QED) is 0.897. The Morgan fingerprint density at radius 1 is 0.952 bits per heavy atom. The van der Waals surface area contributed by atoms with Crippen molar-refractivity contribution in [1.29, 1.82) is 0 Å². The second-order valence-corrected chi connectivity index (χ2v) is 6.31. The molecule has 0 aliphatic heterocycles. The lowest BCUT2D eigenvalue weighted by atomic mass is 9.86. The summed E-state index contributed by atoms with van der Waals surface area (Å²) in [6, 6.07) is 18.4. The Balaban J connectivity index is 1.55. The summed E-state index contributed by atoms with van der Waals surface area (Å²) in [5.41, 5.74) is 2.15. The van der Waals surface area contributed by atoms with Gasteiger partial charge in [0.1, 0.15) is 5.75 Å². The summed E-state index contributed by atoms with van der Waals surface area (Å²) in [6.07, 6.45) is 4.43. The minimum atomic E-state index is -0.435. The van der Waals surface area contributed by atoms with Gasteiger partial charge in [0.15, 0.2) is 0 Å². The number of aliphatic hydroxyl groups is 1. The minimum absolute atomic E-state index is 0.0832. The molecular weight excluding hydrogens is 260 g/mol. The topological polar surface area (TPSA) is 29.5 Å². The van der Waals surface area contributed by atoms with Crippen molar-refractivity contribution in [3.05, 3.63) is 65.7 Å². The number of aliphatic hydroxyl groups excluding tert-OH is 1. The van der Waals surface area contributed by atoms with Crippen LogP contribution in [-0.4, -0.2) is 11.2 Å². The Hall–Kier alpha value is -1.80. The lowest BCUT2D eigenvalue weighted by Gasteiger charge is -2.23. The van der Waals surface area contributed by atoms with Crippen molar-refractivity contribution in [3.8, 4) is 5.75 Å². The summed E-state index contributed by atoms with van der Waals surface area (Å²) in [5, 5.41) is 10.8. The molecule has 1 atom stereocenters. The van der Waals surface area contributed by atoms with Gasteiger partial charge in [0.25, 0.3) is 0 Å². The molecule has 0 heterocycles. The van der Waals surface area contributed by atoms with Gasteiger partial charge in [-0.05, 0) is 48.9 Å². The van der Waals surface area contributed by atoms with E-state index in [-0.39, 0.29) is 5.41 Å². The molecule has 0 radical (unpaired) electrons. The smallest absolute Gasteiger partial charge is 0.119 e. The molecule has 2 saturated carbocycles. The van der Waals surface area contributed by atoms with Gasteiger partial charge in [0.05, 0.1) is 12.2 Å². The van der Waals surface area contributed by atoms with Crippen LogP contribution in [0.2, 0.25) is 0 Å². The molecule has 2 aliphatic rings. The van der Waals surface area contributed by atoms with Crippen LogP contribution < -0.4 is 4.74 Å². The van der Waals surface area contributed by atoms with Gasteiger partial charge in [-0.2, -0.15) is 0 Å². The zero-order valence-electron chi connectivity index (χ0n) is 12.0. The van der Waals surface area contributed by atoms with Crippen LogP contribution in [-0.2, 0) is 5.41 Å². The van der Waals surface area contributed by atoms with Crippen molar-refractivity contribution in [1.82, 2.24) is 0 Å². The van der Waals surface area contributed by atoms with Crippen LogP contribution in [0.3, 0.4) is 0 Å². The third kappa shape index (κ3) is 2.44. The van der Waals surface area contributed by atoms with E-state index < -0.39 is 6.10 Å². The minimum Gasteiger partial charge on any atom is -0.490 e. The molecule has 2 nitrogen and oxygen atoms in total. The molecule has 2 aliphatic carbocycles. The van der Waals surface area contributed by atoms with Crippen LogP contribution >= 0.6 is 0 Å². The fraction of sp³-hybridized carbons (Fsp3) is 0.368. The van der Waals surface area contributed by atoms with E-state index >= 15 is 0 Å². The Morgan fingerprint density at radius 2 is 1.62 bits per heavy atom. The van der Waals surface area contributed by atoms with Gasteiger partial charge < -0.3 is 9.84 Å². The molecule has 0 spiro atoms. The predicted octanol–water partition coefficient (Wildman–Crippen LogP) is 3.99. The number of ether oxygens (including phenoxy) is 1. The van der Waals surface area contributed by atoms with Gasteiger partial charge in [-0.25, -0.2) is 0 Å². The van der Waals surface area contributed by atoms with Gasteiger partial charge in [0, 0.05) is 5.41 Å². The Morgan fingerprint density at radius 3 is 2.19 bits per heavy atom. The van der Waals surface area contributed by atoms with E-state index in [9.17, 15) is 5.11 Å². The maximum absolute atomic E-state index is 10.8. The number of hydrogen-bond acceptors (Lipinski definition) is 2. The van der Waals surface area contributed by atoms with E-state index in [1.54, 1.807) is 0 Å². The van der Waals surface area contributed by atoms with E-state index in [0.29, 0.717) is 6.10 Å². The van der Waals surface area contributed by atoms with Crippen molar-refractivity contribution in [2.24, 2.45) is 0 Å². The number of rotatable bonds is 5. The maximum Gasteiger partial charge on any atom is 0.119 e. The lowest BCUT2D eigenvalue weighted by Crippen LogP contribution is -2.18. The van der Waals surface area contributed by atoms with Crippen LogP contribution in [0.1, 0.15) is 42.9 Å². The fourth-order valence-corrected chi connectivity index (χ4v) is 3.05. The molecule has 0 bridgehead atoms. The molecule has 1 N–H and O–H groups in total. The van der Waals surface area contributed by atoms with E-state index in [1.165, 1.54) is 18.4 Å². The average molecular weight is 280 g/mol. The number of benzene rings is 2. The largest absolute Gasteiger partial charge is 0.490 e. The first-order valence-electron chi connectivity index (χ1n) is 7.78. The second-order valence-electron chi connectivity index (χ2n) is 6.31. The lowest BCUT2D eigenvalue weighted by molar-refractivity contribution is 0.133. The Kier molecular flexibility index (Phi) is 3.00. The summed E-state index contributed by atoms with van der Waals surface area (Å²) < 4.78 is 5.76. The molecule has 2 aromatic rings. The number of hydrogen-bond donors (Lipinski definition) is 1. The molecule has 1 unspecified atom stereocenters. The molecule has 108 valence electrons. The van der Waals surface area contributed by atoms with Crippen molar-refractivity contribution in [3.63, 3.8) is 0 Å². The zero-order valence-corrected chi connectivity index (χ0v) is 12.0. The molecule has 0 amide bonds. The van der Waals surface area contributed by atoms with Crippen LogP contribution in [0.25, 0.3) is 0 Å². The fourth-order valence-electron chi connectivity index (χ4n) is 3.05. The van der Waals surface area contributed by atoms with E-state index in [2.05, 4.69) is 24.3 Å². The van der Waals surface area contributed by atoms with Crippen LogP contribution in [0, 0.1) is 0 Å². The normalized spacial score (nSPS) is 20.8. The van der Waals surface area contributed by atoms with Gasteiger partial charge >= 0.3 is 0 Å². The van der Waals surface area contributed by atoms with Crippen LogP contribution in [0.4, 0.5) is 0 Å². The standard InChI is InChI=1S/C19H20O2/c20-18(19(12-13-19)15-4-2-1-3-5-15)14-6-8-16(9-7-14)21-17-10-11-17/h1-9,17-18,20H,10-13H2. The highest BCUT2D eigenvalue weighted by molar-refractivity contribution is 5.38. The highest BCUT2D eigenvalue weighted by Crippen LogP contribution is 2.56. The molecule has 0 aromatic heterocycles. The van der Waals surface area contributed by atoms with Gasteiger partial charge in [-0.3, -0.25) is 0 Å². The first kappa shape index (κ1) is 12.9. The van der Waals surface area contributed by atoms with Crippen LogP contribution in [0.5, 0.6) is 5.75 Å². The van der Waals surface area contributed by atoms with Crippen molar-refractivity contribution < 1.29 is 9.84 Å². The van der Waals surface area contributed by atoms with Crippen molar-refractivity contribution in [2.45, 2.75) is 43.3 Å². The first-order valence-corrected chi connectivity index (χ1v) is 7.78. The average Bonchev–Trinajstić information content (AvgIpc) is 3.43. The SMILES string of the molecule is OC(c1ccc(OC2CC2)cc1)C1(c2ccccc2)CC1. The molecule has 2 fully saturated rings. The first-order chi connectivity index (χ1) is 10.3. The monoisotopic (exact) mass is 280 g/mol. The summed E-state index contributed by atoms with van der Waals surface area (Å²) in [7, 11) is 0. The molecule has 2 aromatic carbocycles. The predicted molar refractivity (Wildman–Crippen MR) is 82.4 cm³/mol. The summed E-state index contributed by atoms with van der Waals surface area (Å²) in [5.74, 6) is 0.915. The molecule has 0 saturated heterocycles. The summed E-state index contributed by atoms with van der Waals surface area (Å²) in [4.78, 5) is 0. The molecule has 2 heteroatoms. The van der Waals surface area contributed by atoms with E-state index in [1.807, 2.05) is 30.3 Å².